The predicted molar refractivity (Wildman–Crippen MR) is 65.3 cm³/mol. The summed E-state index contributed by atoms with van der Waals surface area (Å²) in [6.45, 7) is 3.34. The number of nitrogens with one attached hydrogen (secondary N) is 1. The van der Waals surface area contributed by atoms with Crippen molar-refractivity contribution in [1.29, 1.82) is 0 Å². The largest absolute Gasteiger partial charge is 0.353 e. The lowest BCUT2D eigenvalue weighted by Gasteiger charge is -2.23. The third kappa shape index (κ3) is 3.78. The molecule has 1 heterocycles. The Balaban J connectivity index is 1.59. The second-order valence-electron chi connectivity index (χ2n) is 5.20. The SMILES string of the molecule is O=C(CCN1CCCC1)NC1CCCCC1. The van der Waals surface area contributed by atoms with Crippen LogP contribution in [0.2, 0.25) is 0 Å². The number of hydrogen-bond acceptors (Lipinski definition) is 2. The van der Waals surface area contributed by atoms with E-state index in [0.29, 0.717) is 12.5 Å². The highest BCUT2D eigenvalue weighted by Gasteiger charge is 2.17. The second-order valence-corrected chi connectivity index (χ2v) is 5.20. The Labute approximate surface area is 98.6 Å². The molecular weight excluding hydrogens is 200 g/mol. The Kier molecular flexibility index (Phi) is 4.64. The molecule has 0 spiro atoms. The van der Waals surface area contributed by atoms with Crippen molar-refractivity contribution in [2.45, 2.75) is 57.4 Å². The minimum absolute atomic E-state index is 0.263. The maximum Gasteiger partial charge on any atom is 0.221 e. The van der Waals surface area contributed by atoms with Gasteiger partial charge in [0.15, 0.2) is 0 Å². The Hall–Kier alpha value is -0.570. The van der Waals surface area contributed by atoms with Crippen LogP contribution in [0.1, 0.15) is 51.4 Å². The molecule has 2 fully saturated rings. The standard InChI is InChI=1S/C13H24N2O/c16-13(8-11-15-9-4-5-10-15)14-12-6-2-1-3-7-12/h12H,1-11H2,(H,14,16). The normalized spacial score (nSPS) is 23.5. The first-order valence-electron chi connectivity index (χ1n) is 6.86. The van der Waals surface area contributed by atoms with Crippen LogP contribution in [0.15, 0.2) is 0 Å². The molecule has 16 heavy (non-hydrogen) atoms. The Morgan fingerprint density at radius 3 is 2.44 bits per heavy atom. The smallest absolute Gasteiger partial charge is 0.221 e. The van der Waals surface area contributed by atoms with Crippen LogP contribution in [-0.4, -0.2) is 36.5 Å². The molecule has 0 aromatic carbocycles. The van der Waals surface area contributed by atoms with Gasteiger partial charge in [0.1, 0.15) is 0 Å². The fourth-order valence-electron chi connectivity index (χ4n) is 2.81. The highest BCUT2D eigenvalue weighted by Crippen LogP contribution is 2.17. The summed E-state index contributed by atoms with van der Waals surface area (Å²) in [7, 11) is 0. The third-order valence-corrected chi connectivity index (χ3v) is 3.82. The average Bonchev–Trinajstić information content (AvgIpc) is 2.81. The summed E-state index contributed by atoms with van der Waals surface area (Å²) in [6.07, 6.45) is 9.62. The van der Waals surface area contributed by atoms with Gasteiger partial charge in [0, 0.05) is 19.0 Å². The number of nitrogens with zero attached hydrogens (tertiary/aromatic N) is 1. The number of carbonyl (C=O) groups excluding carboxylic acids is 1. The fraction of sp³-hybridized carbons (Fsp3) is 0.923. The van der Waals surface area contributed by atoms with Gasteiger partial charge in [-0.1, -0.05) is 19.3 Å². The number of hydrogen-bond donors (Lipinski definition) is 1. The highest BCUT2D eigenvalue weighted by molar-refractivity contribution is 5.76. The minimum atomic E-state index is 0.263. The first kappa shape index (κ1) is 11.9. The quantitative estimate of drug-likeness (QED) is 0.791. The van der Waals surface area contributed by atoms with E-state index in [2.05, 4.69) is 10.2 Å². The molecule has 1 saturated carbocycles. The van der Waals surface area contributed by atoms with Crippen molar-refractivity contribution in [3.63, 3.8) is 0 Å². The zero-order valence-corrected chi connectivity index (χ0v) is 10.2. The summed E-state index contributed by atoms with van der Waals surface area (Å²) < 4.78 is 0. The zero-order chi connectivity index (χ0) is 11.2. The van der Waals surface area contributed by atoms with Crippen LogP contribution in [0.4, 0.5) is 0 Å². The molecule has 0 aromatic heterocycles. The van der Waals surface area contributed by atoms with Crippen LogP contribution < -0.4 is 5.32 Å². The van der Waals surface area contributed by atoms with Gasteiger partial charge < -0.3 is 10.2 Å². The van der Waals surface area contributed by atoms with Crippen LogP contribution in [0.3, 0.4) is 0 Å². The minimum Gasteiger partial charge on any atom is -0.353 e. The molecule has 0 atom stereocenters. The van der Waals surface area contributed by atoms with Crippen LogP contribution in [0.25, 0.3) is 0 Å². The summed E-state index contributed by atoms with van der Waals surface area (Å²) in [5, 5.41) is 3.18. The number of rotatable bonds is 4. The maximum atomic E-state index is 11.7. The van der Waals surface area contributed by atoms with Crippen molar-refractivity contribution in [3.05, 3.63) is 0 Å². The van der Waals surface area contributed by atoms with E-state index in [1.165, 1.54) is 58.0 Å². The molecule has 1 aliphatic heterocycles. The van der Waals surface area contributed by atoms with Gasteiger partial charge in [0.25, 0.3) is 0 Å². The summed E-state index contributed by atoms with van der Waals surface area (Å²) in [6, 6.07) is 0.472. The van der Waals surface area contributed by atoms with Crippen LogP contribution >= 0.6 is 0 Å². The van der Waals surface area contributed by atoms with E-state index in [1.807, 2.05) is 0 Å². The molecule has 1 N–H and O–H groups in total. The van der Waals surface area contributed by atoms with Crippen molar-refractivity contribution in [2.75, 3.05) is 19.6 Å². The van der Waals surface area contributed by atoms with E-state index in [-0.39, 0.29) is 5.91 Å². The second kappa shape index (κ2) is 6.24. The monoisotopic (exact) mass is 224 g/mol. The van der Waals surface area contributed by atoms with Gasteiger partial charge in [-0.15, -0.1) is 0 Å². The van der Waals surface area contributed by atoms with Gasteiger partial charge in [-0.25, -0.2) is 0 Å². The summed E-state index contributed by atoms with van der Waals surface area (Å²) >= 11 is 0. The molecule has 3 heteroatoms. The lowest BCUT2D eigenvalue weighted by Crippen LogP contribution is -2.37. The van der Waals surface area contributed by atoms with E-state index in [1.54, 1.807) is 0 Å². The maximum absolute atomic E-state index is 11.7. The summed E-state index contributed by atoms with van der Waals surface area (Å²) in [5.74, 6) is 0.263. The van der Waals surface area contributed by atoms with Crippen LogP contribution in [0.5, 0.6) is 0 Å². The van der Waals surface area contributed by atoms with Gasteiger partial charge in [0.05, 0.1) is 0 Å². The van der Waals surface area contributed by atoms with E-state index in [4.69, 9.17) is 0 Å². The number of amides is 1. The van der Waals surface area contributed by atoms with Crippen molar-refractivity contribution >= 4 is 5.91 Å². The first-order chi connectivity index (χ1) is 7.84. The molecule has 0 radical (unpaired) electrons. The van der Waals surface area contributed by atoms with Gasteiger partial charge in [-0.2, -0.15) is 0 Å². The summed E-state index contributed by atoms with van der Waals surface area (Å²) in [5.41, 5.74) is 0. The molecule has 2 aliphatic rings. The van der Waals surface area contributed by atoms with Crippen molar-refractivity contribution in [2.24, 2.45) is 0 Å². The fourth-order valence-corrected chi connectivity index (χ4v) is 2.81. The average molecular weight is 224 g/mol. The molecule has 1 saturated heterocycles. The van der Waals surface area contributed by atoms with Gasteiger partial charge in [0.2, 0.25) is 5.91 Å². The molecule has 0 unspecified atom stereocenters. The highest BCUT2D eigenvalue weighted by atomic mass is 16.1. The Morgan fingerprint density at radius 2 is 1.75 bits per heavy atom. The van der Waals surface area contributed by atoms with Crippen molar-refractivity contribution < 1.29 is 4.79 Å². The molecule has 1 aliphatic carbocycles. The van der Waals surface area contributed by atoms with Crippen molar-refractivity contribution in [1.82, 2.24) is 10.2 Å². The van der Waals surface area contributed by atoms with E-state index < -0.39 is 0 Å². The van der Waals surface area contributed by atoms with Crippen molar-refractivity contribution in [3.8, 4) is 0 Å². The summed E-state index contributed by atoms with van der Waals surface area (Å²) in [4.78, 5) is 14.1. The Morgan fingerprint density at radius 1 is 1.06 bits per heavy atom. The molecule has 3 nitrogen and oxygen atoms in total. The number of carbonyl (C=O) groups is 1. The third-order valence-electron chi connectivity index (χ3n) is 3.82. The lowest BCUT2D eigenvalue weighted by atomic mass is 9.95. The first-order valence-corrected chi connectivity index (χ1v) is 6.86. The van der Waals surface area contributed by atoms with Gasteiger partial charge in [-0.05, 0) is 38.8 Å². The van der Waals surface area contributed by atoms with Gasteiger partial charge >= 0.3 is 0 Å². The predicted octanol–water partition coefficient (Wildman–Crippen LogP) is 1.92. The molecule has 2 rings (SSSR count). The van der Waals surface area contributed by atoms with E-state index in [0.717, 1.165) is 6.54 Å². The Bertz CT molecular complexity index is 218. The van der Waals surface area contributed by atoms with Crippen LogP contribution in [0, 0.1) is 0 Å². The van der Waals surface area contributed by atoms with E-state index >= 15 is 0 Å². The zero-order valence-electron chi connectivity index (χ0n) is 10.2. The number of likely N-dealkylation sites (tertiary alicyclic amines) is 1. The van der Waals surface area contributed by atoms with E-state index in [9.17, 15) is 4.79 Å². The van der Waals surface area contributed by atoms with Crippen LogP contribution in [-0.2, 0) is 4.79 Å². The molecule has 92 valence electrons. The lowest BCUT2D eigenvalue weighted by molar-refractivity contribution is -0.122. The topological polar surface area (TPSA) is 32.3 Å². The molecular formula is C13H24N2O. The van der Waals surface area contributed by atoms with Gasteiger partial charge in [-0.3, -0.25) is 4.79 Å². The molecule has 0 aromatic rings. The molecule has 1 amide bonds. The molecule has 0 bridgehead atoms.